The van der Waals surface area contributed by atoms with Gasteiger partial charge in [0.2, 0.25) is 0 Å². The quantitative estimate of drug-likeness (QED) is 0.757. The van der Waals surface area contributed by atoms with Crippen LogP contribution < -0.4 is 0 Å². The summed E-state index contributed by atoms with van der Waals surface area (Å²) in [5.74, 6) is 0.337. The predicted octanol–water partition coefficient (Wildman–Crippen LogP) is 4.98. The van der Waals surface area contributed by atoms with Crippen LogP contribution in [-0.2, 0) is 4.74 Å². The smallest absolute Gasteiger partial charge is 0.271 e. The molecule has 0 saturated heterocycles. The van der Waals surface area contributed by atoms with E-state index in [1.165, 1.54) is 12.1 Å². The second-order valence-corrected chi connectivity index (χ2v) is 5.39. The van der Waals surface area contributed by atoms with E-state index in [2.05, 4.69) is 0 Å². The first-order valence-corrected chi connectivity index (χ1v) is 6.91. The molecular weight excluding hydrogens is 265 g/mol. The van der Waals surface area contributed by atoms with Crippen LogP contribution in [0.3, 0.4) is 0 Å². The molecule has 0 radical (unpaired) electrons. The number of hydrogen-bond acceptors (Lipinski definition) is 1. The van der Waals surface area contributed by atoms with Crippen molar-refractivity contribution >= 4 is 6.08 Å². The van der Waals surface area contributed by atoms with Gasteiger partial charge in [0, 0.05) is 25.4 Å². The second kappa shape index (κ2) is 6.93. The molecule has 0 heterocycles. The average Bonchev–Trinajstić information content (AvgIpc) is 2.42. The summed E-state index contributed by atoms with van der Waals surface area (Å²) in [6.45, 7) is 0.778. The maximum Gasteiger partial charge on any atom is 0.271 e. The molecule has 0 aromatic heterocycles. The molecule has 0 unspecified atom stereocenters. The molecular formula is C16H19F3O. The molecule has 1 aliphatic rings. The van der Waals surface area contributed by atoms with Gasteiger partial charge in [-0.15, -0.1) is 0 Å². The van der Waals surface area contributed by atoms with Crippen LogP contribution in [-0.4, -0.2) is 13.7 Å². The van der Waals surface area contributed by atoms with Crippen molar-refractivity contribution in [3.05, 3.63) is 41.2 Å². The molecule has 1 saturated carbocycles. The maximum atomic E-state index is 13.8. The highest BCUT2D eigenvalue weighted by molar-refractivity contribution is 5.51. The van der Waals surface area contributed by atoms with Gasteiger partial charge in [-0.25, -0.2) is 4.39 Å². The van der Waals surface area contributed by atoms with Gasteiger partial charge >= 0.3 is 0 Å². The Bertz CT molecular complexity index is 473. The fourth-order valence-electron chi connectivity index (χ4n) is 2.93. The van der Waals surface area contributed by atoms with Gasteiger partial charge < -0.3 is 4.74 Å². The van der Waals surface area contributed by atoms with Crippen LogP contribution in [0.15, 0.2) is 24.3 Å². The molecule has 2 rings (SSSR count). The molecule has 0 atom stereocenters. The number of benzene rings is 1. The summed E-state index contributed by atoms with van der Waals surface area (Å²) in [7, 11) is 1.71. The van der Waals surface area contributed by atoms with Gasteiger partial charge in [-0.3, -0.25) is 0 Å². The Morgan fingerprint density at radius 3 is 2.50 bits per heavy atom. The van der Waals surface area contributed by atoms with Gasteiger partial charge in [0.25, 0.3) is 6.08 Å². The van der Waals surface area contributed by atoms with E-state index >= 15 is 0 Å². The number of halogens is 3. The van der Waals surface area contributed by atoms with Crippen LogP contribution in [0.1, 0.15) is 42.7 Å². The summed E-state index contributed by atoms with van der Waals surface area (Å²) < 4.78 is 43.2. The lowest BCUT2D eigenvalue weighted by Gasteiger charge is -2.28. The van der Waals surface area contributed by atoms with Crippen LogP contribution in [0, 0.1) is 11.7 Å². The Kier molecular flexibility index (Phi) is 5.24. The van der Waals surface area contributed by atoms with E-state index in [1.54, 1.807) is 13.2 Å². The van der Waals surface area contributed by atoms with Crippen molar-refractivity contribution in [2.75, 3.05) is 13.7 Å². The van der Waals surface area contributed by atoms with Crippen molar-refractivity contribution in [2.24, 2.45) is 5.92 Å². The molecule has 1 aliphatic carbocycles. The fraction of sp³-hybridized carbons (Fsp3) is 0.500. The minimum atomic E-state index is -1.88. The standard InChI is InChI=1S/C16H19F3O/c1-20-10-11-2-4-12(5-3-11)13-6-7-14(9-16(18)19)15(17)8-13/h6-9,11-12H,2-5,10H2,1H3/t11-,12-. The number of hydrogen-bond donors (Lipinski definition) is 0. The minimum absolute atomic E-state index is 0.0539. The van der Waals surface area contributed by atoms with E-state index in [-0.39, 0.29) is 5.56 Å². The molecule has 0 aliphatic heterocycles. The molecule has 1 fully saturated rings. The van der Waals surface area contributed by atoms with E-state index in [1.807, 2.05) is 0 Å². The highest BCUT2D eigenvalue weighted by atomic mass is 19.3. The largest absolute Gasteiger partial charge is 0.384 e. The predicted molar refractivity (Wildman–Crippen MR) is 73.2 cm³/mol. The zero-order valence-corrected chi connectivity index (χ0v) is 11.5. The summed E-state index contributed by atoms with van der Waals surface area (Å²) in [5, 5.41) is 0. The molecule has 20 heavy (non-hydrogen) atoms. The van der Waals surface area contributed by atoms with E-state index in [0.717, 1.165) is 37.9 Å². The van der Waals surface area contributed by atoms with Gasteiger partial charge in [-0.1, -0.05) is 12.1 Å². The van der Waals surface area contributed by atoms with E-state index in [0.29, 0.717) is 17.9 Å². The van der Waals surface area contributed by atoms with E-state index < -0.39 is 11.9 Å². The van der Waals surface area contributed by atoms with Gasteiger partial charge in [-0.2, -0.15) is 8.78 Å². The maximum absolute atomic E-state index is 13.8. The molecule has 0 bridgehead atoms. The Hall–Kier alpha value is -1.29. The van der Waals surface area contributed by atoms with Crippen molar-refractivity contribution in [1.29, 1.82) is 0 Å². The molecule has 1 aromatic carbocycles. The number of ether oxygens (including phenoxy) is 1. The summed E-state index contributed by atoms with van der Waals surface area (Å²) in [6.07, 6.45) is 2.83. The molecule has 110 valence electrons. The van der Waals surface area contributed by atoms with Crippen molar-refractivity contribution in [1.82, 2.24) is 0 Å². The zero-order chi connectivity index (χ0) is 14.5. The number of rotatable bonds is 4. The molecule has 0 amide bonds. The van der Waals surface area contributed by atoms with Crippen LogP contribution >= 0.6 is 0 Å². The van der Waals surface area contributed by atoms with Crippen LogP contribution in [0.5, 0.6) is 0 Å². The van der Waals surface area contributed by atoms with Crippen molar-refractivity contribution < 1.29 is 17.9 Å². The average molecular weight is 284 g/mol. The number of methoxy groups -OCH3 is 1. The van der Waals surface area contributed by atoms with Gasteiger partial charge in [0.1, 0.15) is 5.82 Å². The summed E-state index contributed by atoms with van der Waals surface area (Å²) >= 11 is 0. The van der Waals surface area contributed by atoms with Gasteiger partial charge in [0.15, 0.2) is 0 Å². The van der Waals surface area contributed by atoms with Crippen LogP contribution in [0.25, 0.3) is 6.08 Å². The lowest BCUT2D eigenvalue weighted by Crippen LogP contribution is -2.17. The monoisotopic (exact) mass is 284 g/mol. The third kappa shape index (κ3) is 3.85. The molecule has 0 N–H and O–H groups in total. The summed E-state index contributed by atoms with van der Waals surface area (Å²) in [4.78, 5) is 0. The lowest BCUT2D eigenvalue weighted by atomic mass is 9.79. The second-order valence-electron chi connectivity index (χ2n) is 5.39. The first-order chi connectivity index (χ1) is 9.60. The Morgan fingerprint density at radius 1 is 1.25 bits per heavy atom. The van der Waals surface area contributed by atoms with Crippen molar-refractivity contribution in [2.45, 2.75) is 31.6 Å². The third-order valence-corrected chi connectivity index (χ3v) is 4.01. The Labute approximate surface area is 117 Å². The Balaban J connectivity index is 2.04. The SMILES string of the molecule is COC[C@H]1CC[C@H](c2ccc(C=C(F)F)c(F)c2)CC1. The highest BCUT2D eigenvalue weighted by Gasteiger charge is 2.22. The molecule has 0 spiro atoms. The normalized spacial score (nSPS) is 22.6. The topological polar surface area (TPSA) is 9.23 Å². The summed E-state index contributed by atoms with van der Waals surface area (Å²) in [6, 6.07) is 4.60. The van der Waals surface area contributed by atoms with Crippen molar-refractivity contribution in [3.8, 4) is 0 Å². The molecule has 1 nitrogen and oxygen atoms in total. The minimum Gasteiger partial charge on any atom is -0.384 e. The zero-order valence-electron chi connectivity index (χ0n) is 11.5. The van der Waals surface area contributed by atoms with E-state index in [4.69, 9.17) is 4.74 Å². The van der Waals surface area contributed by atoms with Crippen LogP contribution in [0.2, 0.25) is 0 Å². The lowest BCUT2D eigenvalue weighted by molar-refractivity contribution is 0.127. The Morgan fingerprint density at radius 2 is 1.95 bits per heavy atom. The molecule has 4 heteroatoms. The van der Waals surface area contributed by atoms with Crippen LogP contribution in [0.4, 0.5) is 13.2 Å². The van der Waals surface area contributed by atoms with Gasteiger partial charge in [0.05, 0.1) is 0 Å². The third-order valence-electron chi connectivity index (χ3n) is 4.01. The van der Waals surface area contributed by atoms with Crippen molar-refractivity contribution in [3.63, 3.8) is 0 Å². The van der Waals surface area contributed by atoms with Gasteiger partial charge in [-0.05, 0) is 49.1 Å². The highest BCUT2D eigenvalue weighted by Crippen LogP contribution is 2.36. The fourth-order valence-corrected chi connectivity index (χ4v) is 2.93. The summed E-state index contributed by atoms with van der Waals surface area (Å²) in [5.41, 5.74) is 0.858. The first kappa shape index (κ1) is 15.1. The molecule has 1 aromatic rings. The first-order valence-electron chi connectivity index (χ1n) is 6.91. The van der Waals surface area contributed by atoms with E-state index in [9.17, 15) is 13.2 Å².